The van der Waals surface area contributed by atoms with Gasteiger partial charge in [0.2, 0.25) is 11.8 Å². The lowest BCUT2D eigenvalue weighted by molar-refractivity contribution is -0.120. The highest BCUT2D eigenvalue weighted by Gasteiger charge is 2.22. The summed E-state index contributed by atoms with van der Waals surface area (Å²) in [4.78, 5) is 26.6. The summed E-state index contributed by atoms with van der Waals surface area (Å²) in [7, 11) is 0. The second kappa shape index (κ2) is 9.40. The molecule has 1 unspecified atom stereocenters. The van der Waals surface area contributed by atoms with Crippen LogP contribution in [-0.2, 0) is 22.4 Å². The van der Waals surface area contributed by atoms with Crippen LogP contribution in [0.4, 0.5) is 11.4 Å². The molecule has 0 aliphatic carbocycles. The molecule has 1 heterocycles. The summed E-state index contributed by atoms with van der Waals surface area (Å²) in [6.07, 6.45) is 3.33. The molecule has 5 heteroatoms. The second-order valence-electron chi connectivity index (χ2n) is 7.38. The Morgan fingerprint density at radius 3 is 2.61 bits per heavy atom. The Bertz CT molecular complexity index is 817. The number of fused-ring (bicyclic) bond motifs is 1. The predicted molar refractivity (Wildman–Crippen MR) is 114 cm³/mol. The van der Waals surface area contributed by atoms with Crippen LogP contribution in [0.5, 0.6) is 0 Å². The Labute approximate surface area is 167 Å². The minimum atomic E-state index is -0.0163. The number of carbonyl (C=O) groups excluding carboxylic acids is 2. The van der Waals surface area contributed by atoms with Crippen molar-refractivity contribution in [2.45, 2.75) is 45.6 Å². The number of nitrogens with one attached hydrogen (secondary N) is 2. The molecule has 0 radical (unpaired) electrons. The van der Waals surface area contributed by atoms with Gasteiger partial charge in [0.1, 0.15) is 0 Å². The summed E-state index contributed by atoms with van der Waals surface area (Å²) in [6.45, 7) is 5.05. The van der Waals surface area contributed by atoms with E-state index < -0.39 is 0 Å². The number of nitrogens with zero attached hydrogens (tertiary/aromatic N) is 1. The molecular weight excluding hydrogens is 350 g/mol. The molecule has 2 N–H and O–H groups in total. The van der Waals surface area contributed by atoms with E-state index in [-0.39, 0.29) is 24.4 Å². The molecule has 0 spiro atoms. The van der Waals surface area contributed by atoms with E-state index in [0.717, 1.165) is 42.7 Å². The SMILES string of the molecule is CCC(C)NC(=O)CNc1ccc(CC(=O)N2CCCc3ccccc32)cc1. The Balaban J connectivity index is 1.55. The number of rotatable bonds is 7. The Hall–Kier alpha value is -2.82. The molecule has 2 aromatic rings. The Kier molecular flexibility index (Phi) is 6.69. The zero-order chi connectivity index (χ0) is 19.9. The summed E-state index contributed by atoms with van der Waals surface area (Å²) in [5.74, 6) is 0.109. The maximum Gasteiger partial charge on any atom is 0.239 e. The van der Waals surface area contributed by atoms with Gasteiger partial charge in [-0.2, -0.15) is 0 Å². The van der Waals surface area contributed by atoms with Crippen molar-refractivity contribution in [3.05, 3.63) is 59.7 Å². The van der Waals surface area contributed by atoms with Gasteiger partial charge in [-0.1, -0.05) is 37.3 Å². The van der Waals surface area contributed by atoms with E-state index >= 15 is 0 Å². The van der Waals surface area contributed by atoms with Crippen molar-refractivity contribution in [1.29, 1.82) is 0 Å². The molecule has 148 valence electrons. The number of hydrogen-bond donors (Lipinski definition) is 2. The third-order valence-electron chi connectivity index (χ3n) is 5.19. The van der Waals surface area contributed by atoms with Crippen molar-refractivity contribution in [3.63, 3.8) is 0 Å². The molecule has 0 aromatic heterocycles. The van der Waals surface area contributed by atoms with Crippen LogP contribution in [0.1, 0.15) is 37.8 Å². The standard InChI is InChI=1S/C23H29N3O2/c1-3-17(2)25-22(27)16-24-20-12-10-18(11-13-20)15-23(28)26-14-6-8-19-7-4-5-9-21(19)26/h4-5,7,9-13,17,24H,3,6,8,14-16H2,1-2H3,(H,25,27). The van der Waals surface area contributed by atoms with Crippen LogP contribution < -0.4 is 15.5 Å². The Morgan fingerprint density at radius 2 is 1.86 bits per heavy atom. The maximum absolute atomic E-state index is 12.8. The van der Waals surface area contributed by atoms with Gasteiger partial charge in [0.05, 0.1) is 13.0 Å². The fraction of sp³-hybridized carbons (Fsp3) is 0.391. The lowest BCUT2D eigenvalue weighted by Crippen LogP contribution is -2.36. The quantitative estimate of drug-likeness (QED) is 0.774. The fourth-order valence-electron chi connectivity index (χ4n) is 3.41. The molecule has 3 rings (SSSR count). The molecule has 0 fully saturated rings. The first-order chi connectivity index (χ1) is 13.6. The normalized spacial score (nSPS) is 14.1. The first-order valence-electron chi connectivity index (χ1n) is 10.1. The van der Waals surface area contributed by atoms with E-state index in [4.69, 9.17) is 0 Å². The number of para-hydroxylation sites is 1. The van der Waals surface area contributed by atoms with Crippen LogP contribution >= 0.6 is 0 Å². The van der Waals surface area contributed by atoms with Crippen LogP contribution in [0.25, 0.3) is 0 Å². The zero-order valence-electron chi connectivity index (χ0n) is 16.7. The molecule has 0 saturated heterocycles. The van der Waals surface area contributed by atoms with Crippen LogP contribution in [0.3, 0.4) is 0 Å². The Morgan fingerprint density at radius 1 is 1.11 bits per heavy atom. The van der Waals surface area contributed by atoms with Gasteiger partial charge in [-0.3, -0.25) is 9.59 Å². The third kappa shape index (κ3) is 5.12. The van der Waals surface area contributed by atoms with Crippen LogP contribution in [0.15, 0.2) is 48.5 Å². The largest absolute Gasteiger partial charge is 0.376 e. The lowest BCUT2D eigenvalue weighted by atomic mass is 10.0. The molecule has 0 saturated carbocycles. The van der Waals surface area contributed by atoms with Gasteiger partial charge in [-0.05, 0) is 55.5 Å². The summed E-state index contributed by atoms with van der Waals surface area (Å²) in [5.41, 5.74) is 4.14. The van der Waals surface area contributed by atoms with Gasteiger partial charge in [0, 0.05) is 24.0 Å². The molecular formula is C23H29N3O2. The van der Waals surface area contributed by atoms with Gasteiger partial charge < -0.3 is 15.5 Å². The molecule has 1 aliphatic heterocycles. The third-order valence-corrected chi connectivity index (χ3v) is 5.19. The highest BCUT2D eigenvalue weighted by Crippen LogP contribution is 2.27. The van der Waals surface area contributed by atoms with Crippen LogP contribution in [-0.4, -0.2) is 30.9 Å². The number of hydrogen-bond acceptors (Lipinski definition) is 3. The first-order valence-corrected chi connectivity index (χ1v) is 10.1. The topological polar surface area (TPSA) is 61.4 Å². The van der Waals surface area contributed by atoms with E-state index in [0.29, 0.717) is 6.42 Å². The van der Waals surface area contributed by atoms with Gasteiger partial charge in [0.25, 0.3) is 0 Å². The first kappa shape index (κ1) is 19.9. The van der Waals surface area contributed by atoms with Gasteiger partial charge in [-0.25, -0.2) is 0 Å². The number of amides is 2. The van der Waals surface area contributed by atoms with Crippen molar-refractivity contribution in [2.24, 2.45) is 0 Å². The molecule has 1 atom stereocenters. The monoisotopic (exact) mass is 379 g/mol. The number of benzene rings is 2. The van der Waals surface area contributed by atoms with E-state index in [2.05, 4.69) is 16.7 Å². The second-order valence-corrected chi connectivity index (χ2v) is 7.38. The van der Waals surface area contributed by atoms with Crippen LogP contribution in [0, 0.1) is 0 Å². The van der Waals surface area contributed by atoms with Crippen molar-refractivity contribution in [2.75, 3.05) is 23.3 Å². The van der Waals surface area contributed by atoms with Crippen molar-refractivity contribution in [3.8, 4) is 0 Å². The zero-order valence-corrected chi connectivity index (χ0v) is 16.7. The molecule has 2 amide bonds. The lowest BCUT2D eigenvalue weighted by Gasteiger charge is -2.29. The van der Waals surface area contributed by atoms with Crippen molar-refractivity contribution in [1.82, 2.24) is 5.32 Å². The van der Waals surface area contributed by atoms with Gasteiger partial charge >= 0.3 is 0 Å². The predicted octanol–water partition coefficient (Wildman–Crippen LogP) is 3.54. The molecule has 0 bridgehead atoms. The summed E-state index contributed by atoms with van der Waals surface area (Å²) in [5, 5.41) is 6.05. The van der Waals surface area contributed by atoms with E-state index in [1.807, 2.05) is 61.2 Å². The number of carbonyl (C=O) groups is 2. The van der Waals surface area contributed by atoms with Gasteiger partial charge in [0.15, 0.2) is 0 Å². The molecule has 2 aromatic carbocycles. The fourth-order valence-corrected chi connectivity index (χ4v) is 3.41. The van der Waals surface area contributed by atoms with Crippen molar-refractivity contribution < 1.29 is 9.59 Å². The summed E-state index contributed by atoms with van der Waals surface area (Å²) >= 11 is 0. The van der Waals surface area contributed by atoms with E-state index in [1.165, 1.54) is 5.56 Å². The highest BCUT2D eigenvalue weighted by molar-refractivity contribution is 5.96. The van der Waals surface area contributed by atoms with Crippen LogP contribution in [0.2, 0.25) is 0 Å². The molecule has 1 aliphatic rings. The minimum absolute atomic E-state index is 0.0163. The smallest absolute Gasteiger partial charge is 0.239 e. The summed E-state index contributed by atoms with van der Waals surface area (Å²) < 4.78 is 0. The number of aryl methyl sites for hydroxylation is 1. The molecule has 28 heavy (non-hydrogen) atoms. The number of anilines is 2. The minimum Gasteiger partial charge on any atom is -0.376 e. The van der Waals surface area contributed by atoms with E-state index in [9.17, 15) is 9.59 Å². The molecule has 5 nitrogen and oxygen atoms in total. The summed E-state index contributed by atoms with van der Waals surface area (Å²) in [6, 6.07) is 16.1. The average molecular weight is 380 g/mol. The average Bonchev–Trinajstić information content (AvgIpc) is 2.72. The maximum atomic E-state index is 12.8. The van der Waals surface area contributed by atoms with E-state index in [1.54, 1.807) is 0 Å². The van der Waals surface area contributed by atoms with Gasteiger partial charge in [-0.15, -0.1) is 0 Å². The highest BCUT2D eigenvalue weighted by atomic mass is 16.2. The van der Waals surface area contributed by atoms with Crippen molar-refractivity contribution >= 4 is 23.2 Å².